The molecule has 0 bridgehead atoms. The minimum Gasteiger partial charge on any atom is -0.496 e. The van der Waals surface area contributed by atoms with Gasteiger partial charge in [-0.15, -0.1) is 0 Å². The first kappa shape index (κ1) is 27.2. The molecular weight excluding hydrogens is 544 g/mol. The number of carbonyl (C=O) groups excluding carboxylic acids is 1. The number of allylic oxidation sites excluding steroid dienone is 1. The molecule has 0 radical (unpaired) electrons. The van der Waals surface area contributed by atoms with Gasteiger partial charge in [0, 0.05) is 95.1 Å². The average Bonchev–Trinajstić information content (AvgIpc) is 3.44. The highest BCUT2D eigenvalue weighted by Gasteiger charge is 2.30. The van der Waals surface area contributed by atoms with Crippen molar-refractivity contribution in [3.8, 4) is 11.5 Å². The van der Waals surface area contributed by atoms with Gasteiger partial charge in [-0.2, -0.15) is 4.98 Å². The molecule has 41 heavy (non-hydrogen) atoms. The van der Waals surface area contributed by atoms with E-state index >= 15 is 0 Å². The van der Waals surface area contributed by atoms with E-state index in [0.29, 0.717) is 16.5 Å². The molecule has 1 amide bonds. The molecule has 4 aliphatic rings. The molecule has 1 atom stereocenters. The second kappa shape index (κ2) is 11.5. The van der Waals surface area contributed by atoms with Crippen LogP contribution in [-0.4, -0.2) is 110 Å². The zero-order chi connectivity index (χ0) is 28.5. The van der Waals surface area contributed by atoms with Crippen molar-refractivity contribution in [3.05, 3.63) is 59.0 Å². The summed E-state index contributed by atoms with van der Waals surface area (Å²) >= 11 is 6.43. The summed E-state index contributed by atoms with van der Waals surface area (Å²) in [5.41, 5.74) is 2.10. The summed E-state index contributed by atoms with van der Waals surface area (Å²) in [7, 11) is 3.25. The first-order chi connectivity index (χ1) is 19.9. The second-order valence-electron chi connectivity index (χ2n) is 10.5. The van der Waals surface area contributed by atoms with Gasteiger partial charge < -0.3 is 34.0 Å². The summed E-state index contributed by atoms with van der Waals surface area (Å²) < 4.78 is 11.0. The molecule has 0 spiro atoms. The molecular formula is C29H35ClN8O3. The fourth-order valence-corrected chi connectivity index (χ4v) is 6.00. The maximum absolute atomic E-state index is 11.7. The highest BCUT2D eigenvalue weighted by molar-refractivity contribution is 6.32. The van der Waals surface area contributed by atoms with Crippen LogP contribution in [-0.2, 0) is 4.79 Å². The van der Waals surface area contributed by atoms with E-state index in [9.17, 15) is 4.79 Å². The average molecular weight is 579 g/mol. The molecule has 4 aliphatic heterocycles. The lowest BCUT2D eigenvalue weighted by Crippen LogP contribution is -2.49. The lowest BCUT2D eigenvalue weighted by Gasteiger charge is -2.38. The normalized spacial score (nSPS) is 20.6. The Hall–Kier alpha value is -3.99. The molecule has 1 unspecified atom stereocenters. The number of hydrogen-bond donors (Lipinski definition) is 0. The molecule has 11 nitrogen and oxygen atoms in total. The molecule has 0 N–H and O–H groups in total. The van der Waals surface area contributed by atoms with E-state index in [-0.39, 0.29) is 11.9 Å². The van der Waals surface area contributed by atoms with Gasteiger partial charge in [0.05, 0.1) is 31.8 Å². The second-order valence-corrected chi connectivity index (χ2v) is 10.9. The Morgan fingerprint density at radius 3 is 2.37 bits per heavy atom. The summed E-state index contributed by atoms with van der Waals surface area (Å²) in [4.78, 5) is 37.0. The smallest absolute Gasteiger partial charge is 0.227 e. The number of anilines is 2. The van der Waals surface area contributed by atoms with Crippen LogP contribution < -0.4 is 19.3 Å². The Labute approximate surface area is 245 Å². The van der Waals surface area contributed by atoms with E-state index in [1.807, 2.05) is 29.3 Å². The Kier molecular flexibility index (Phi) is 7.61. The first-order valence-corrected chi connectivity index (χ1v) is 14.3. The molecule has 2 fully saturated rings. The standard InChI is InChI=1S/C29H35ClN8O3/c1-20(39)34-8-12-36(13-9-34)27-4-6-31-29(33-27)37-14-10-35(11-15-37)21-5-7-38-19-24(32-28(38)16-21)22-17-23(30)26(41-3)18-25(22)40-2/h4-7,16-18,24H,8-15,19H2,1-3H3. The largest absolute Gasteiger partial charge is 0.496 e. The number of hydrogen-bond acceptors (Lipinski definition) is 10. The zero-order valence-electron chi connectivity index (χ0n) is 23.7. The molecule has 6 rings (SSSR count). The van der Waals surface area contributed by atoms with Gasteiger partial charge in [0.15, 0.2) is 0 Å². The quantitative estimate of drug-likeness (QED) is 0.513. The van der Waals surface area contributed by atoms with Gasteiger partial charge in [0.1, 0.15) is 23.2 Å². The van der Waals surface area contributed by atoms with Gasteiger partial charge in [0.2, 0.25) is 11.9 Å². The highest BCUT2D eigenvalue weighted by Crippen LogP contribution is 2.39. The first-order valence-electron chi connectivity index (χ1n) is 13.9. The van der Waals surface area contributed by atoms with Crippen LogP contribution in [0.4, 0.5) is 11.8 Å². The van der Waals surface area contributed by atoms with E-state index in [2.05, 4.69) is 42.9 Å². The number of nitrogens with zero attached hydrogens (tertiary/aromatic N) is 8. The van der Waals surface area contributed by atoms with E-state index < -0.39 is 0 Å². The third-order valence-corrected chi connectivity index (χ3v) is 8.42. The lowest BCUT2D eigenvalue weighted by atomic mass is 10.1. The fourth-order valence-electron chi connectivity index (χ4n) is 5.75. The van der Waals surface area contributed by atoms with Gasteiger partial charge in [-0.05, 0) is 18.2 Å². The van der Waals surface area contributed by atoms with Crippen molar-refractivity contribution in [2.75, 3.05) is 82.9 Å². The SMILES string of the molecule is COc1cc(OC)c(C2CN3C=CC(N4CCN(c5nccc(N6CCN(C(C)=O)CC6)n5)CC4)=CC3=N2)cc1Cl. The third-order valence-electron chi connectivity index (χ3n) is 8.12. The predicted molar refractivity (Wildman–Crippen MR) is 159 cm³/mol. The Morgan fingerprint density at radius 1 is 0.951 bits per heavy atom. The monoisotopic (exact) mass is 578 g/mol. The number of halogens is 1. The van der Waals surface area contributed by atoms with Crippen molar-refractivity contribution in [1.82, 2.24) is 24.7 Å². The Morgan fingerprint density at radius 2 is 1.66 bits per heavy atom. The Balaban J connectivity index is 1.10. The molecule has 1 aromatic carbocycles. The van der Waals surface area contributed by atoms with Crippen molar-refractivity contribution in [1.29, 1.82) is 0 Å². The van der Waals surface area contributed by atoms with Crippen LogP contribution in [0.2, 0.25) is 5.02 Å². The number of benzene rings is 1. The van der Waals surface area contributed by atoms with Crippen LogP contribution in [0.1, 0.15) is 18.5 Å². The molecule has 216 valence electrons. The maximum atomic E-state index is 11.7. The van der Waals surface area contributed by atoms with E-state index in [0.717, 1.165) is 87.8 Å². The van der Waals surface area contributed by atoms with Crippen molar-refractivity contribution in [2.45, 2.75) is 13.0 Å². The van der Waals surface area contributed by atoms with E-state index in [1.54, 1.807) is 21.1 Å². The summed E-state index contributed by atoms with van der Waals surface area (Å²) in [6, 6.07) is 5.58. The highest BCUT2D eigenvalue weighted by atomic mass is 35.5. The van der Waals surface area contributed by atoms with Crippen LogP contribution in [0.3, 0.4) is 0 Å². The number of aromatic nitrogens is 2. The topological polar surface area (TPSA) is 89.9 Å². The van der Waals surface area contributed by atoms with Gasteiger partial charge in [-0.1, -0.05) is 11.6 Å². The molecule has 12 heteroatoms. The summed E-state index contributed by atoms with van der Waals surface area (Å²) in [5.74, 6) is 4.04. The number of methoxy groups -OCH3 is 2. The predicted octanol–water partition coefficient (Wildman–Crippen LogP) is 2.80. The molecule has 1 aromatic heterocycles. The van der Waals surface area contributed by atoms with Crippen LogP contribution in [0.25, 0.3) is 0 Å². The third kappa shape index (κ3) is 5.50. The van der Waals surface area contributed by atoms with Crippen LogP contribution in [0, 0.1) is 0 Å². The number of amidine groups is 1. The number of rotatable bonds is 6. The van der Waals surface area contributed by atoms with Crippen molar-refractivity contribution in [3.63, 3.8) is 0 Å². The van der Waals surface area contributed by atoms with E-state index in [4.69, 9.17) is 31.1 Å². The summed E-state index contributed by atoms with van der Waals surface area (Å²) in [6.07, 6.45) is 8.26. The van der Waals surface area contributed by atoms with Gasteiger partial charge in [0.25, 0.3) is 0 Å². The van der Waals surface area contributed by atoms with Gasteiger partial charge >= 0.3 is 0 Å². The molecule has 2 saturated heterocycles. The number of carbonyl (C=O) groups is 1. The molecule has 2 aromatic rings. The molecule has 0 saturated carbocycles. The van der Waals surface area contributed by atoms with Gasteiger partial charge in [-0.25, -0.2) is 4.98 Å². The minimum atomic E-state index is -0.0877. The molecule has 5 heterocycles. The van der Waals surface area contributed by atoms with Crippen molar-refractivity contribution < 1.29 is 14.3 Å². The number of aliphatic imine (C=N–C) groups is 1. The Bertz CT molecular complexity index is 1400. The zero-order valence-corrected chi connectivity index (χ0v) is 24.4. The van der Waals surface area contributed by atoms with Crippen LogP contribution in [0.15, 0.2) is 53.4 Å². The lowest BCUT2D eigenvalue weighted by molar-refractivity contribution is -0.129. The number of fused-ring (bicyclic) bond motifs is 1. The van der Waals surface area contributed by atoms with Crippen molar-refractivity contribution in [2.24, 2.45) is 4.99 Å². The number of ether oxygens (including phenoxy) is 2. The van der Waals surface area contributed by atoms with Crippen LogP contribution in [0.5, 0.6) is 11.5 Å². The number of piperazine rings is 2. The number of amides is 1. The summed E-state index contributed by atoms with van der Waals surface area (Å²) in [5, 5.41) is 0.545. The summed E-state index contributed by atoms with van der Waals surface area (Å²) in [6.45, 7) is 8.73. The van der Waals surface area contributed by atoms with E-state index in [1.165, 1.54) is 0 Å². The minimum absolute atomic E-state index is 0.0877. The molecule has 0 aliphatic carbocycles. The van der Waals surface area contributed by atoms with Crippen LogP contribution >= 0.6 is 11.6 Å². The van der Waals surface area contributed by atoms with Gasteiger partial charge in [-0.3, -0.25) is 9.79 Å². The van der Waals surface area contributed by atoms with Crippen molar-refractivity contribution >= 4 is 35.1 Å². The maximum Gasteiger partial charge on any atom is 0.227 e. The fraction of sp³-hybridized carbons (Fsp3) is 0.448.